The van der Waals surface area contributed by atoms with Crippen LogP contribution in [0.4, 0.5) is 0 Å². The molecular formula is C21H23N3O. The van der Waals surface area contributed by atoms with E-state index < -0.39 is 0 Å². The summed E-state index contributed by atoms with van der Waals surface area (Å²) < 4.78 is 1.83. The maximum absolute atomic E-state index is 12.1. The van der Waals surface area contributed by atoms with Crippen molar-refractivity contribution in [2.75, 3.05) is 6.54 Å². The summed E-state index contributed by atoms with van der Waals surface area (Å²) in [4.78, 5) is 12.1. The van der Waals surface area contributed by atoms with Crippen molar-refractivity contribution in [3.8, 4) is 5.69 Å². The van der Waals surface area contributed by atoms with Gasteiger partial charge in [0, 0.05) is 25.4 Å². The molecule has 0 radical (unpaired) electrons. The second-order valence-electron chi connectivity index (χ2n) is 6.23. The Kier molecular flexibility index (Phi) is 5.62. The van der Waals surface area contributed by atoms with E-state index in [0.717, 1.165) is 12.1 Å². The second-order valence-corrected chi connectivity index (χ2v) is 6.23. The lowest BCUT2D eigenvalue weighted by atomic mass is 9.97. The largest absolute Gasteiger partial charge is 0.356 e. The molecule has 4 heteroatoms. The zero-order valence-corrected chi connectivity index (χ0v) is 14.4. The van der Waals surface area contributed by atoms with Crippen molar-refractivity contribution in [3.63, 3.8) is 0 Å². The molecule has 25 heavy (non-hydrogen) atoms. The molecule has 4 nitrogen and oxygen atoms in total. The Hall–Kier alpha value is -2.88. The Morgan fingerprint density at radius 1 is 1.08 bits per heavy atom. The van der Waals surface area contributed by atoms with Gasteiger partial charge in [-0.3, -0.25) is 4.79 Å². The van der Waals surface area contributed by atoms with E-state index in [-0.39, 0.29) is 11.8 Å². The van der Waals surface area contributed by atoms with Gasteiger partial charge in [-0.25, -0.2) is 4.68 Å². The highest BCUT2D eigenvalue weighted by atomic mass is 16.1. The van der Waals surface area contributed by atoms with Gasteiger partial charge in [0.25, 0.3) is 0 Å². The topological polar surface area (TPSA) is 46.9 Å². The highest BCUT2D eigenvalue weighted by Gasteiger charge is 2.10. The van der Waals surface area contributed by atoms with Crippen molar-refractivity contribution >= 4 is 5.91 Å². The minimum absolute atomic E-state index is 0.101. The number of nitrogens with zero attached hydrogens (tertiary/aromatic N) is 2. The predicted octanol–water partition coefficient (Wildman–Crippen LogP) is 3.72. The first-order chi connectivity index (χ1) is 12.2. The number of carbonyl (C=O) groups excluding carboxylic acids is 1. The first-order valence-electron chi connectivity index (χ1n) is 8.63. The number of hydrogen-bond acceptors (Lipinski definition) is 2. The molecule has 0 spiro atoms. The van der Waals surface area contributed by atoms with Crippen LogP contribution in [-0.2, 0) is 11.2 Å². The van der Waals surface area contributed by atoms with E-state index in [1.165, 1.54) is 11.1 Å². The molecular weight excluding hydrogens is 310 g/mol. The average Bonchev–Trinajstić information content (AvgIpc) is 3.18. The maximum atomic E-state index is 12.1. The molecule has 1 amide bonds. The van der Waals surface area contributed by atoms with E-state index in [0.29, 0.717) is 13.0 Å². The third-order valence-electron chi connectivity index (χ3n) is 4.30. The molecule has 1 atom stereocenters. The quantitative estimate of drug-likeness (QED) is 0.716. The molecule has 3 aromatic rings. The highest BCUT2D eigenvalue weighted by molar-refractivity contribution is 5.76. The fourth-order valence-electron chi connectivity index (χ4n) is 2.83. The number of benzene rings is 2. The molecule has 128 valence electrons. The van der Waals surface area contributed by atoms with E-state index in [2.05, 4.69) is 41.6 Å². The van der Waals surface area contributed by atoms with Crippen molar-refractivity contribution in [2.45, 2.75) is 25.7 Å². The Labute approximate surface area is 148 Å². The van der Waals surface area contributed by atoms with Crippen molar-refractivity contribution in [2.24, 2.45) is 0 Å². The molecule has 0 aliphatic carbocycles. The first-order valence-corrected chi connectivity index (χ1v) is 8.63. The Balaban J connectivity index is 1.44. The smallest absolute Gasteiger partial charge is 0.220 e. The predicted molar refractivity (Wildman–Crippen MR) is 99.8 cm³/mol. The van der Waals surface area contributed by atoms with Crippen LogP contribution in [-0.4, -0.2) is 22.2 Å². The van der Waals surface area contributed by atoms with Gasteiger partial charge in [-0.15, -0.1) is 0 Å². The number of rotatable bonds is 7. The minimum atomic E-state index is 0.101. The van der Waals surface area contributed by atoms with E-state index in [1.807, 2.05) is 47.3 Å². The molecule has 3 rings (SSSR count). The zero-order chi connectivity index (χ0) is 17.5. The monoisotopic (exact) mass is 333 g/mol. The normalized spacial score (nSPS) is 11.9. The maximum Gasteiger partial charge on any atom is 0.220 e. The van der Waals surface area contributed by atoms with E-state index >= 15 is 0 Å². The van der Waals surface area contributed by atoms with Crippen LogP contribution in [0.5, 0.6) is 0 Å². The summed E-state index contributed by atoms with van der Waals surface area (Å²) in [6.45, 7) is 2.74. The van der Waals surface area contributed by atoms with Crippen LogP contribution in [0, 0.1) is 0 Å². The molecule has 0 aliphatic rings. The fraction of sp³-hybridized carbons (Fsp3) is 0.238. The summed E-state index contributed by atoms with van der Waals surface area (Å²) in [7, 11) is 0. The molecule has 0 bridgehead atoms. The first kappa shape index (κ1) is 17.0. The molecule has 0 fully saturated rings. The van der Waals surface area contributed by atoms with E-state index in [9.17, 15) is 4.79 Å². The Morgan fingerprint density at radius 2 is 1.84 bits per heavy atom. The molecule has 1 aromatic heterocycles. The minimum Gasteiger partial charge on any atom is -0.356 e. The lowest BCUT2D eigenvalue weighted by Gasteiger charge is -2.12. The van der Waals surface area contributed by atoms with Crippen LogP contribution in [0.15, 0.2) is 73.1 Å². The number of amides is 1. The van der Waals surface area contributed by atoms with Crippen LogP contribution < -0.4 is 5.32 Å². The number of hydrogen-bond donors (Lipinski definition) is 1. The Bertz CT molecular complexity index is 780. The van der Waals surface area contributed by atoms with Crippen LogP contribution in [0.25, 0.3) is 5.69 Å². The molecule has 0 saturated carbocycles. The van der Waals surface area contributed by atoms with Crippen LogP contribution in [0.3, 0.4) is 0 Å². The van der Waals surface area contributed by atoms with Gasteiger partial charge in [0.15, 0.2) is 0 Å². The zero-order valence-electron chi connectivity index (χ0n) is 14.4. The molecule has 1 unspecified atom stereocenters. The van der Waals surface area contributed by atoms with Crippen LogP contribution in [0.1, 0.15) is 30.4 Å². The summed E-state index contributed by atoms with van der Waals surface area (Å²) >= 11 is 0. The second kappa shape index (κ2) is 8.29. The molecule has 2 aromatic carbocycles. The van der Waals surface area contributed by atoms with Gasteiger partial charge in [-0.1, -0.05) is 49.4 Å². The fourth-order valence-corrected chi connectivity index (χ4v) is 2.83. The molecule has 0 aliphatic heterocycles. The van der Waals surface area contributed by atoms with Gasteiger partial charge in [0.2, 0.25) is 5.91 Å². The summed E-state index contributed by atoms with van der Waals surface area (Å²) in [5.74, 6) is 0.332. The lowest BCUT2D eigenvalue weighted by molar-refractivity contribution is -0.121. The van der Waals surface area contributed by atoms with Crippen molar-refractivity contribution < 1.29 is 4.79 Å². The summed E-state index contributed by atoms with van der Waals surface area (Å²) in [6, 6.07) is 20.3. The molecule has 1 N–H and O–H groups in total. The average molecular weight is 333 g/mol. The summed E-state index contributed by atoms with van der Waals surface area (Å²) in [5, 5.41) is 7.23. The van der Waals surface area contributed by atoms with Crippen LogP contribution >= 0.6 is 0 Å². The third kappa shape index (κ3) is 4.80. The van der Waals surface area contributed by atoms with E-state index in [4.69, 9.17) is 0 Å². The van der Waals surface area contributed by atoms with Gasteiger partial charge < -0.3 is 5.32 Å². The summed E-state index contributed by atoms with van der Waals surface area (Å²) in [6.07, 6.45) is 5.02. The summed E-state index contributed by atoms with van der Waals surface area (Å²) in [5.41, 5.74) is 3.44. The third-order valence-corrected chi connectivity index (χ3v) is 4.30. The van der Waals surface area contributed by atoms with Gasteiger partial charge in [-0.2, -0.15) is 5.10 Å². The Morgan fingerprint density at radius 3 is 2.52 bits per heavy atom. The van der Waals surface area contributed by atoms with Gasteiger partial charge >= 0.3 is 0 Å². The van der Waals surface area contributed by atoms with Crippen molar-refractivity contribution in [1.29, 1.82) is 0 Å². The molecule has 0 saturated heterocycles. The van der Waals surface area contributed by atoms with Gasteiger partial charge in [-0.05, 0) is 41.7 Å². The highest BCUT2D eigenvalue weighted by Crippen LogP contribution is 2.18. The number of nitrogens with one attached hydrogen (secondary N) is 1. The van der Waals surface area contributed by atoms with Gasteiger partial charge in [0.1, 0.15) is 0 Å². The van der Waals surface area contributed by atoms with E-state index in [1.54, 1.807) is 6.20 Å². The van der Waals surface area contributed by atoms with Crippen molar-refractivity contribution in [1.82, 2.24) is 15.1 Å². The van der Waals surface area contributed by atoms with Gasteiger partial charge in [0.05, 0.1) is 5.69 Å². The van der Waals surface area contributed by atoms with Crippen LogP contribution in [0.2, 0.25) is 0 Å². The number of aromatic nitrogens is 2. The van der Waals surface area contributed by atoms with Crippen molar-refractivity contribution in [3.05, 3.63) is 84.2 Å². The lowest BCUT2D eigenvalue weighted by Crippen LogP contribution is -2.26. The SMILES string of the molecule is CC(CC(=O)NCCc1ccc(-n2cccn2)cc1)c1ccccc1. The molecule has 1 heterocycles. The number of carbonyl (C=O) groups is 1. The standard InChI is InChI=1S/C21H23N3O/c1-17(19-6-3-2-4-7-19)16-21(25)22-14-12-18-8-10-20(11-9-18)24-15-5-13-23-24/h2-11,13,15,17H,12,14,16H2,1H3,(H,22,25).